The first-order chi connectivity index (χ1) is 16.8. The number of carbonyl (C=O) groups excluding carboxylic acids is 1. The number of esters is 1. The number of para-hydroxylation sites is 1. The number of hydrogen-bond donors (Lipinski definition) is 3. The van der Waals surface area contributed by atoms with Crippen LogP contribution in [0.3, 0.4) is 0 Å². The minimum Gasteiger partial charge on any atom is -0.494 e. The third-order valence-corrected chi connectivity index (χ3v) is 6.17. The molecule has 8 nitrogen and oxygen atoms in total. The van der Waals surface area contributed by atoms with Crippen LogP contribution in [0.2, 0.25) is 0 Å². The lowest BCUT2D eigenvalue weighted by atomic mass is 10.0. The summed E-state index contributed by atoms with van der Waals surface area (Å²) in [6, 6.07) is 14.3. The van der Waals surface area contributed by atoms with Crippen molar-refractivity contribution >= 4 is 35.3 Å². The van der Waals surface area contributed by atoms with Gasteiger partial charge in [-0.05, 0) is 47.5 Å². The number of methoxy groups -OCH3 is 1. The highest BCUT2D eigenvalue weighted by Crippen LogP contribution is 2.23. The molecule has 4 rings (SSSR count). The Morgan fingerprint density at radius 1 is 1.20 bits per heavy atom. The molecule has 0 aliphatic heterocycles. The second-order valence-corrected chi connectivity index (χ2v) is 8.85. The normalized spacial score (nSPS) is 12.5. The molecular weight excluding hydrogens is 464 g/mol. The minimum absolute atomic E-state index is 0.0465. The van der Waals surface area contributed by atoms with E-state index >= 15 is 0 Å². The number of benzene rings is 2. The van der Waals surface area contributed by atoms with Crippen LogP contribution in [0.25, 0.3) is 16.6 Å². The summed E-state index contributed by atoms with van der Waals surface area (Å²) >= 11 is 5.30. The molecule has 0 bridgehead atoms. The van der Waals surface area contributed by atoms with Gasteiger partial charge in [-0.2, -0.15) is 0 Å². The Bertz CT molecular complexity index is 1510. The molecule has 0 aliphatic rings. The maximum absolute atomic E-state index is 12.6. The predicted molar refractivity (Wildman–Crippen MR) is 138 cm³/mol. The first-order valence-electron chi connectivity index (χ1n) is 11.1. The number of aliphatic imine (C=N–C) groups is 1. The number of aromatic nitrogens is 3. The molecule has 2 heterocycles. The molecule has 0 amide bonds. The summed E-state index contributed by atoms with van der Waals surface area (Å²) in [4.78, 5) is 35.2. The maximum Gasteiger partial charge on any atom is 0.330 e. The molecule has 180 valence electrons. The van der Waals surface area contributed by atoms with E-state index in [1.165, 1.54) is 17.9 Å². The van der Waals surface area contributed by atoms with E-state index in [0.717, 1.165) is 22.0 Å². The van der Waals surface area contributed by atoms with Crippen molar-refractivity contribution < 1.29 is 14.6 Å². The van der Waals surface area contributed by atoms with Gasteiger partial charge in [0.1, 0.15) is 5.56 Å². The number of H-pyrrole nitrogens is 2. The number of nitrogens with one attached hydrogen (secondary N) is 2. The number of ether oxygens (including phenoxy) is 1. The third kappa shape index (κ3) is 4.95. The van der Waals surface area contributed by atoms with Crippen molar-refractivity contribution in [3.63, 3.8) is 0 Å². The number of aromatic amines is 2. The van der Waals surface area contributed by atoms with Crippen LogP contribution in [0, 0.1) is 4.77 Å². The van der Waals surface area contributed by atoms with Crippen molar-refractivity contribution in [2.24, 2.45) is 4.99 Å². The van der Waals surface area contributed by atoms with Crippen molar-refractivity contribution in [1.29, 1.82) is 0 Å². The topological polar surface area (TPSA) is 112 Å². The van der Waals surface area contributed by atoms with Gasteiger partial charge < -0.3 is 14.8 Å². The summed E-state index contributed by atoms with van der Waals surface area (Å²) in [7, 11) is 1.28. The molecule has 1 atom stereocenters. The van der Waals surface area contributed by atoms with Crippen LogP contribution >= 0.6 is 12.2 Å². The summed E-state index contributed by atoms with van der Waals surface area (Å²) in [6.07, 6.45) is 3.27. The molecule has 9 heteroatoms. The lowest BCUT2D eigenvalue weighted by Gasteiger charge is -2.13. The van der Waals surface area contributed by atoms with E-state index in [-0.39, 0.29) is 22.6 Å². The number of fused-ring (bicyclic) bond motifs is 1. The highest BCUT2D eigenvalue weighted by atomic mass is 32.1. The van der Waals surface area contributed by atoms with Crippen molar-refractivity contribution in [3.05, 3.63) is 86.5 Å². The fourth-order valence-corrected chi connectivity index (χ4v) is 4.19. The Morgan fingerprint density at radius 2 is 1.91 bits per heavy atom. The highest BCUT2D eigenvalue weighted by Gasteiger charge is 2.21. The Hall–Kier alpha value is -3.98. The van der Waals surface area contributed by atoms with Gasteiger partial charge in [-0.1, -0.05) is 44.2 Å². The Labute approximate surface area is 206 Å². The minimum atomic E-state index is -0.917. The summed E-state index contributed by atoms with van der Waals surface area (Å²) in [5.41, 5.74) is 2.82. The van der Waals surface area contributed by atoms with Crippen LogP contribution in [-0.2, 0) is 16.0 Å². The van der Waals surface area contributed by atoms with Gasteiger partial charge in [0.05, 0.1) is 12.8 Å². The van der Waals surface area contributed by atoms with E-state index in [9.17, 15) is 14.7 Å². The highest BCUT2D eigenvalue weighted by molar-refractivity contribution is 7.71. The van der Waals surface area contributed by atoms with Crippen LogP contribution < -0.4 is 5.56 Å². The van der Waals surface area contributed by atoms with Crippen LogP contribution in [0.5, 0.6) is 5.88 Å². The Morgan fingerprint density at radius 3 is 2.60 bits per heavy atom. The van der Waals surface area contributed by atoms with Gasteiger partial charge in [-0.15, -0.1) is 0 Å². The predicted octanol–water partition coefficient (Wildman–Crippen LogP) is 4.41. The standard InChI is InChI=1S/C26H26N4O4S/c1-15(2)16-8-10-18(11-9-16)30-24(32)20(23(31)29-26(30)35)14-28-22(25(33)34-3)12-17-13-27-21-7-5-4-6-19(17)21/h4-11,13-15,22,27,32H,12H2,1-3H3,(H,29,31,35). The number of hydrogen-bond acceptors (Lipinski definition) is 6. The average molecular weight is 491 g/mol. The molecule has 0 saturated heterocycles. The summed E-state index contributed by atoms with van der Waals surface area (Å²) in [6.45, 7) is 4.17. The summed E-state index contributed by atoms with van der Waals surface area (Å²) in [5.74, 6) is -0.578. The largest absolute Gasteiger partial charge is 0.494 e. The van der Waals surface area contributed by atoms with Crippen LogP contribution in [0.1, 0.15) is 36.5 Å². The molecule has 0 radical (unpaired) electrons. The average Bonchev–Trinajstić information content (AvgIpc) is 3.25. The first-order valence-corrected chi connectivity index (χ1v) is 11.6. The van der Waals surface area contributed by atoms with Crippen molar-refractivity contribution in [2.45, 2.75) is 32.2 Å². The van der Waals surface area contributed by atoms with Gasteiger partial charge in [0.25, 0.3) is 5.56 Å². The van der Waals surface area contributed by atoms with Gasteiger partial charge in [0.15, 0.2) is 10.8 Å². The first kappa shape index (κ1) is 24.2. The molecule has 0 spiro atoms. The molecule has 0 aliphatic carbocycles. The fourth-order valence-electron chi connectivity index (χ4n) is 3.91. The fraction of sp³-hybridized carbons (Fsp3) is 0.231. The molecule has 35 heavy (non-hydrogen) atoms. The molecule has 4 aromatic rings. The third-order valence-electron chi connectivity index (χ3n) is 5.88. The lowest BCUT2D eigenvalue weighted by molar-refractivity contribution is -0.142. The number of nitrogens with zero attached hydrogens (tertiary/aromatic N) is 2. The summed E-state index contributed by atoms with van der Waals surface area (Å²) in [5, 5.41) is 11.9. The SMILES string of the molecule is COC(=O)C(Cc1c[nH]c2ccccc12)N=Cc1c(O)n(-c2ccc(C(C)C)cc2)c(=S)[nH]c1=O. The van der Waals surface area contributed by atoms with E-state index in [1.54, 1.807) is 0 Å². The van der Waals surface area contributed by atoms with Crippen LogP contribution in [0.15, 0.2) is 64.5 Å². The van der Waals surface area contributed by atoms with Crippen LogP contribution in [-0.4, -0.2) is 45.0 Å². The number of carbonyl (C=O) groups is 1. The van der Waals surface area contributed by atoms with E-state index in [0.29, 0.717) is 11.6 Å². The molecule has 3 N–H and O–H groups in total. The molecule has 1 unspecified atom stereocenters. The van der Waals surface area contributed by atoms with Crippen molar-refractivity contribution in [1.82, 2.24) is 14.5 Å². The van der Waals surface area contributed by atoms with Gasteiger partial charge >= 0.3 is 5.97 Å². The zero-order valence-electron chi connectivity index (χ0n) is 19.6. The molecule has 2 aromatic carbocycles. The van der Waals surface area contributed by atoms with Gasteiger partial charge in [-0.3, -0.25) is 19.3 Å². The molecule has 0 saturated carbocycles. The van der Waals surface area contributed by atoms with Crippen molar-refractivity contribution in [3.8, 4) is 11.6 Å². The van der Waals surface area contributed by atoms with Gasteiger partial charge in [0, 0.05) is 29.7 Å². The van der Waals surface area contributed by atoms with E-state index in [2.05, 4.69) is 28.8 Å². The van der Waals surface area contributed by atoms with E-state index in [1.807, 2.05) is 54.7 Å². The molecular formula is C26H26N4O4S. The maximum atomic E-state index is 12.6. The molecule has 0 fully saturated rings. The quantitative estimate of drug-likeness (QED) is 0.202. The second kappa shape index (κ2) is 10.1. The molecule has 2 aromatic heterocycles. The monoisotopic (exact) mass is 490 g/mol. The van der Waals surface area contributed by atoms with E-state index < -0.39 is 17.6 Å². The van der Waals surface area contributed by atoms with Crippen molar-refractivity contribution in [2.75, 3.05) is 7.11 Å². The second-order valence-electron chi connectivity index (χ2n) is 8.46. The Balaban J connectivity index is 1.71. The zero-order valence-corrected chi connectivity index (χ0v) is 20.4. The smallest absolute Gasteiger partial charge is 0.330 e. The number of aromatic hydroxyl groups is 1. The van der Waals surface area contributed by atoms with Gasteiger partial charge in [0.2, 0.25) is 5.88 Å². The Kier molecular flexibility index (Phi) is 6.97. The van der Waals surface area contributed by atoms with E-state index in [4.69, 9.17) is 17.0 Å². The van der Waals surface area contributed by atoms with Gasteiger partial charge in [-0.25, -0.2) is 4.79 Å². The number of rotatable bonds is 7. The summed E-state index contributed by atoms with van der Waals surface area (Å²) < 4.78 is 6.33. The zero-order chi connectivity index (χ0) is 25.1. The van der Waals surface area contributed by atoms with Crippen LogP contribution in [0.4, 0.5) is 0 Å². The lowest BCUT2D eigenvalue weighted by Crippen LogP contribution is -2.24.